The SMILES string of the molecule is COc1ccc(C)cc1N(C(C)C(=O)Nc1c(C)cccc1C)S(C)(=O)=O. The number of nitrogens with zero attached hydrogens (tertiary/aromatic N) is 1. The van der Waals surface area contributed by atoms with Crippen molar-refractivity contribution in [1.29, 1.82) is 0 Å². The highest BCUT2D eigenvalue weighted by Crippen LogP contribution is 2.33. The summed E-state index contributed by atoms with van der Waals surface area (Å²) in [6.45, 7) is 7.20. The lowest BCUT2D eigenvalue weighted by Crippen LogP contribution is -2.45. The van der Waals surface area contributed by atoms with Crippen LogP contribution < -0.4 is 14.4 Å². The highest BCUT2D eigenvalue weighted by atomic mass is 32.2. The van der Waals surface area contributed by atoms with Gasteiger partial charge in [0.1, 0.15) is 11.8 Å². The number of carbonyl (C=O) groups is 1. The molecule has 0 aliphatic heterocycles. The number of benzene rings is 2. The largest absolute Gasteiger partial charge is 0.495 e. The summed E-state index contributed by atoms with van der Waals surface area (Å²) in [5, 5.41) is 2.87. The third-order valence-corrected chi connectivity index (χ3v) is 5.62. The molecular formula is C20H26N2O4S. The van der Waals surface area contributed by atoms with E-state index in [0.717, 1.165) is 27.3 Å². The molecule has 1 atom stereocenters. The predicted octanol–water partition coefficient (Wildman–Crippen LogP) is 3.41. The summed E-state index contributed by atoms with van der Waals surface area (Å²) in [4.78, 5) is 12.9. The molecular weight excluding hydrogens is 364 g/mol. The Labute approximate surface area is 161 Å². The standard InChI is InChI=1S/C20H26N2O4S/c1-13-10-11-18(26-5)17(12-13)22(27(6,24)25)16(4)20(23)21-19-14(2)8-7-9-15(19)3/h7-12,16H,1-6H3,(H,21,23). The van der Waals surface area contributed by atoms with Gasteiger partial charge in [0.25, 0.3) is 0 Å². The van der Waals surface area contributed by atoms with Gasteiger partial charge in [0.2, 0.25) is 15.9 Å². The molecule has 1 N–H and O–H groups in total. The third kappa shape index (κ3) is 4.60. The van der Waals surface area contributed by atoms with Gasteiger partial charge in [-0.1, -0.05) is 24.3 Å². The van der Waals surface area contributed by atoms with Gasteiger partial charge < -0.3 is 10.1 Å². The van der Waals surface area contributed by atoms with Crippen LogP contribution >= 0.6 is 0 Å². The molecule has 0 heterocycles. The lowest BCUT2D eigenvalue weighted by molar-refractivity contribution is -0.116. The number of aryl methyl sites for hydroxylation is 3. The molecule has 0 aromatic heterocycles. The van der Waals surface area contributed by atoms with Crippen LogP contribution in [0.4, 0.5) is 11.4 Å². The van der Waals surface area contributed by atoms with Gasteiger partial charge in [-0.05, 0) is 56.5 Å². The van der Waals surface area contributed by atoms with Crippen molar-refractivity contribution in [3.05, 3.63) is 53.1 Å². The number of ether oxygens (including phenoxy) is 1. The monoisotopic (exact) mass is 390 g/mol. The second-order valence-electron chi connectivity index (χ2n) is 6.67. The Hall–Kier alpha value is -2.54. The molecule has 27 heavy (non-hydrogen) atoms. The van der Waals surface area contributed by atoms with Crippen LogP contribution in [0.15, 0.2) is 36.4 Å². The zero-order valence-electron chi connectivity index (χ0n) is 16.5. The second-order valence-corrected chi connectivity index (χ2v) is 8.53. The Balaban J connectivity index is 2.46. The summed E-state index contributed by atoms with van der Waals surface area (Å²) >= 11 is 0. The number of para-hydroxylation sites is 1. The lowest BCUT2D eigenvalue weighted by atomic mass is 10.1. The molecule has 0 saturated carbocycles. The van der Waals surface area contributed by atoms with Crippen molar-refractivity contribution in [2.75, 3.05) is 23.0 Å². The molecule has 2 aromatic rings. The van der Waals surface area contributed by atoms with Crippen molar-refractivity contribution in [2.45, 2.75) is 33.7 Å². The van der Waals surface area contributed by atoms with E-state index in [0.29, 0.717) is 17.1 Å². The average molecular weight is 391 g/mol. The number of hydrogen-bond donors (Lipinski definition) is 1. The smallest absolute Gasteiger partial charge is 0.248 e. The molecule has 0 fully saturated rings. The van der Waals surface area contributed by atoms with E-state index in [4.69, 9.17) is 4.74 Å². The fourth-order valence-corrected chi connectivity index (χ4v) is 4.16. The van der Waals surface area contributed by atoms with Gasteiger partial charge in [0, 0.05) is 5.69 Å². The lowest BCUT2D eigenvalue weighted by Gasteiger charge is -2.30. The summed E-state index contributed by atoms with van der Waals surface area (Å²) in [5.74, 6) is -0.0286. The van der Waals surface area contributed by atoms with Crippen LogP contribution in [0.5, 0.6) is 5.75 Å². The minimum Gasteiger partial charge on any atom is -0.495 e. The Kier molecular flexibility index (Phi) is 6.15. The molecule has 0 aliphatic carbocycles. The molecule has 7 heteroatoms. The Morgan fingerprint density at radius 1 is 1.11 bits per heavy atom. The Bertz CT molecular complexity index is 934. The maximum Gasteiger partial charge on any atom is 0.248 e. The van der Waals surface area contributed by atoms with Gasteiger partial charge in [-0.2, -0.15) is 0 Å². The number of methoxy groups -OCH3 is 1. The molecule has 1 unspecified atom stereocenters. The fraction of sp³-hybridized carbons (Fsp3) is 0.350. The van der Waals surface area contributed by atoms with Crippen LogP contribution in [-0.4, -0.2) is 33.7 Å². The molecule has 0 aliphatic rings. The van der Waals surface area contributed by atoms with Gasteiger partial charge in [-0.15, -0.1) is 0 Å². The van der Waals surface area contributed by atoms with Gasteiger partial charge in [-0.25, -0.2) is 8.42 Å². The minimum atomic E-state index is -3.73. The van der Waals surface area contributed by atoms with E-state index in [-0.39, 0.29) is 0 Å². The summed E-state index contributed by atoms with van der Waals surface area (Å²) in [7, 11) is -2.26. The summed E-state index contributed by atoms with van der Waals surface area (Å²) in [6.07, 6.45) is 1.08. The predicted molar refractivity (Wildman–Crippen MR) is 109 cm³/mol. The van der Waals surface area contributed by atoms with Gasteiger partial charge in [0.05, 0.1) is 19.1 Å². The first-order chi connectivity index (χ1) is 12.6. The van der Waals surface area contributed by atoms with E-state index in [1.165, 1.54) is 7.11 Å². The topological polar surface area (TPSA) is 75.7 Å². The van der Waals surface area contributed by atoms with E-state index in [1.807, 2.05) is 45.0 Å². The molecule has 6 nitrogen and oxygen atoms in total. The van der Waals surface area contributed by atoms with E-state index in [2.05, 4.69) is 5.32 Å². The van der Waals surface area contributed by atoms with Gasteiger partial charge >= 0.3 is 0 Å². The molecule has 1 amide bonds. The first-order valence-electron chi connectivity index (χ1n) is 8.57. The van der Waals surface area contributed by atoms with Crippen LogP contribution in [0.3, 0.4) is 0 Å². The molecule has 2 rings (SSSR count). The van der Waals surface area contributed by atoms with Crippen molar-refractivity contribution in [1.82, 2.24) is 0 Å². The number of nitrogens with one attached hydrogen (secondary N) is 1. The van der Waals surface area contributed by atoms with Crippen molar-refractivity contribution in [3.63, 3.8) is 0 Å². The number of rotatable bonds is 6. The van der Waals surface area contributed by atoms with Crippen molar-refractivity contribution >= 4 is 27.3 Å². The van der Waals surface area contributed by atoms with Crippen molar-refractivity contribution in [2.24, 2.45) is 0 Å². The Morgan fingerprint density at radius 2 is 1.70 bits per heavy atom. The maximum atomic E-state index is 12.9. The fourth-order valence-electron chi connectivity index (χ4n) is 2.99. The Morgan fingerprint density at radius 3 is 2.22 bits per heavy atom. The van der Waals surface area contributed by atoms with E-state index in [9.17, 15) is 13.2 Å². The van der Waals surface area contributed by atoms with Crippen LogP contribution in [0.25, 0.3) is 0 Å². The molecule has 0 bridgehead atoms. The van der Waals surface area contributed by atoms with Gasteiger partial charge in [0.15, 0.2) is 0 Å². The molecule has 0 radical (unpaired) electrons. The van der Waals surface area contributed by atoms with Crippen molar-refractivity contribution in [3.8, 4) is 5.75 Å². The summed E-state index contributed by atoms with van der Waals surface area (Å²) in [5.41, 5.74) is 3.72. The first-order valence-corrected chi connectivity index (χ1v) is 10.4. The number of hydrogen-bond acceptors (Lipinski definition) is 4. The zero-order chi connectivity index (χ0) is 20.4. The number of anilines is 2. The van der Waals surface area contributed by atoms with Crippen LogP contribution in [0.2, 0.25) is 0 Å². The average Bonchev–Trinajstić information content (AvgIpc) is 2.57. The zero-order valence-corrected chi connectivity index (χ0v) is 17.3. The van der Waals surface area contributed by atoms with Crippen LogP contribution in [0.1, 0.15) is 23.6 Å². The molecule has 0 spiro atoms. The maximum absolute atomic E-state index is 12.9. The quantitative estimate of drug-likeness (QED) is 0.820. The second kappa shape index (κ2) is 8.00. The third-order valence-electron chi connectivity index (χ3n) is 4.39. The van der Waals surface area contributed by atoms with Crippen LogP contribution in [0, 0.1) is 20.8 Å². The van der Waals surface area contributed by atoms with Gasteiger partial charge in [-0.3, -0.25) is 9.10 Å². The summed E-state index contributed by atoms with van der Waals surface area (Å²) in [6, 6.07) is 9.95. The van der Waals surface area contributed by atoms with Crippen LogP contribution in [-0.2, 0) is 14.8 Å². The number of amides is 1. The minimum absolute atomic E-state index is 0.337. The highest BCUT2D eigenvalue weighted by molar-refractivity contribution is 7.92. The normalized spacial score (nSPS) is 12.4. The highest BCUT2D eigenvalue weighted by Gasteiger charge is 2.31. The van der Waals surface area contributed by atoms with Crippen molar-refractivity contribution < 1.29 is 17.9 Å². The molecule has 2 aromatic carbocycles. The molecule has 146 valence electrons. The van der Waals surface area contributed by atoms with E-state index in [1.54, 1.807) is 19.1 Å². The first kappa shape index (κ1) is 20.8. The molecule has 0 saturated heterocycles. The number of carbonyl (C=O) groups excluding carboxylic acids is 1. The van der Waals surface area contributed by atoms with E-state index < -0.39 is 22.0 Å². The number of sulfonamides is 1. The van der Waals surface area contributed by atoms with E-state index >= 15 is 0 Å². The summed E-state index contributed by atoms with van der Waals surface area (Å²) < 4.78 is 31.5.